The second-order valence-electron chi connectivity index (χ2n) is 3.89. The average Bonchev–Trinajstić information content (AvgIpc) is 2.84. The molecular formula is C11H8N4O4S. The molecule has 1 heterocycles. The highest BCUT2D eigenvalue weighted by Gasteiger charge is 2.27. The lowest BCUT2D eigenvalue weighted by Gasteiger charge is -2.07. The highest BCUT2D eigenvalue weighted by Crippen LogP contribution is 2.31. The standard InChI is InChI=1S/C11H8N4O4S/c1-20(18,19)9-4-2-3-8(11(9)15(16)17)14-6-5-13-10(14)7-12/h2-6H,1H3. The Hall–Kier alpha value is -2.73. The van der Waals surface area contributed by atoms with E-state index in [1.807, 2.05) is 0 Å². The summed E-state index contributed by atoms with van der Waals surface area (Å²) in [4.78, 5) is 13.8. The highest BCUT2D eigenvalue weighted by atomic mass is 32.2. The number of benzene rings is 1. The normalized spacial score (nSPS) is 11.0. The monoisotopic (exact) mass is 292 g/mol. The number of hydrogen-bond donors (Lipinski definition) is 0. The molecule has 0 amide bonds. The molecule has 9 heteroatoms. The van der Waals surface area contributed by atoms with Gasteiger partial charge in [-0.1, -0.05) is 6.07 Å². The Morgan fingerprint density at radius 3 is 2.70 bits per heavy atom. The number of nitrogens with zero attached hydrogens (tertiary/aromatic N) is 4. The summed E-state index contributed by atoms with van der Waals surface area (Å²) in [6, 6.07) is 5.66. The Bertz CT molecular complexity index is 832. The van der Waals surface area contributed by atoms with Crippen LogP contribution in [0.5, 0.6) is 0 Å². The maximum absolute atomic E-state index is 11.6. The molecule has 0 radical (unpaired) electrons. The molecule has 8 nitrogen and oxygen atoms in total. The summed E-state index contributed by atoms with van der Waals surface area (Å²) in [5, 5.41) is 20.1. The third-order valence-corrected chi connectivity index (χ3v) is 3.69. The summed E-state index contributed by atoms with van der Waals surface area (Å²) in [5.41, 5.74) is -0.600. The summed E-state index contributed by atoms with van der Waals surface area (Å²) < 4.78 is 24.5. The molecule has 0 saturated carbocycles. The fourth-order valence-electron chi connectivity index (χ4n) is 1.77. The molecule has 0 N–H and O–H groups in total. The van der Waals surface area contributed by atoms with Crippen LogP contribution in [0.25, 0.3) is 5.69 Å². The van der Waals surface area contributed by atoms with E-state index in [1.54, 1.807) is 6.07 Å². The van der Waals surface area contributed by atoms with Crippen molar-refractivity contribution < 1.29 is 13.3 Å². The van der Waals surface area contributed by atoms with Crippen LogP contribution in [0.2, 0.25) is 0 Å². The van der Waals surface area contributed by atoms with Crippen LogP contribution >= 0.6 is 0 Å². The Morgan fingerprint density at radius 2 is 2.15 bits per heavy atom. The smallest absolute Gasteiger partial charge is 0.285 e. The number of rotatable bonds is 3. The van der Waals surface area contributed by atoms with Crippen molar-refractivity contribution in [2.24, 2.45) is 0 Å². The molecule has 1 aromatic carbocycles. The fraction of sp³-hybridized carbons (Fsp3) is 0.0909. The van der Waals surface area contributed by atoms with Crippen LogP contribution in [0.3, 0.4) is 0 Å². The molecule has 0 saturated heterocycles. The first kappa shape index (κ1) is 13.7. The summed E-state index contributed by atoms with van der Waals surface area (Å²) in [7, 11) is -3.77. The molecule has 0 aliphatic rings. The van der Waals surface area contributed by atoms with E-state index in [0.717, 1.165) is 12.3 Å². The van der Waals surface area contributed by atoms with Crippen LogP contribution in [-0.4, -0.2) is 29.1 Å². The summed E-state index contributed by atoms with van der Waals surface area (Å²) >= 11 is 0. The number of nitriles is 1. The number of aromatic nitrogens is 2. The van der Waals surface area contributed by atoms with Crippen molar-refractivity contribution in [3.63, 3.8) is 0 Å². The summed E-state index contributed by atoms with van der Waals surface area (Å²) in [5.74, 6) is -0.0706. The van der Waals surface area contributed by atoms with Gasteiger partial charge in [-0.25, -0.2) is 13.4 Å². The molecule has 0 aliphatic heterocycles. The van der Waals surface area contributed by atoms with Gasteiger partial charge >= 0.3 is 5.69 Å². The van der Waals surface area contributed by atoms with Gasteiger partial charge in [0, 0.05) is 18.6 Å². The van der Waals surface area contributed by atoms with Gasteiger partial charge in [0.25, 0.3) is 0 Å². The molecule has 20 heavy (non-hydrogen) atoms. The average molecular weight is 292 g/mol. The second-order valence-corrected chi connectivity index (χ2v) is 5.87. The molecule has 1 aromatic heterocycles. The number of sulfone groups is 1. The lowest BCUT2D eigenvalue weighted by Crippen LogP contribution is -2.08. The highest BCUT2D eigenvalue weighted by molar-refractivity contribution is 7.90. The predicted molar refractivity (Wildman–Crippen MR) is 68.0 cm³/mol. The van der Waals surface area contributed by atoms with E-state index in [9.17, 15) is 18.5 Å². The maximum Gasteiger partial charge on any atom is 0.311 e. The van der Waals surface area contributed by atoms with Crippen molar-refractivity contribution in [1.29, 1.82) is 5.26 Å². The topological polar surface area (TPSA) is 119 Å². The molecule has 2 rings (SSSR count). The second kappa shape index (κ2) is 4.75. The molecule has 0 fully saturated rings. The zero-order chi connectivity index (χ0) is 14.9. The number of nitro benzene ring substituents is 1. The predicted octanol–water partition coefficient (Wildman–Crippen LogP) is 1.06. The van der Waals surface area contributed by atoms with Gasteiger partial charge in [0.05, 0.1) is 4.92 Å². The van der Waals surface area contributed by atoms with Gasteiger partial charge in [-0.3, -0.25) is 14.7 Å². The van der Waals surface area contributed by atoms with Crippen molar-refractivity contribution in [3.8, 4) is 11.8 Å². The van der Waals surface area contributed by atoms with Crippen molar-refractivity contribution in [1.82, 2.24) is 9.55 Å². The molecule has 0 atom stereocenters. The summed E-state index contributed by atoms with van der Waals surface area (Å²) in [6.45, 7) is 0. The molecule has 0 bridgehead atoms. The minimum absolute atomic E-state index is 0.0213. The van der Waals surface area contributed by atoms with Crippen molar-refractivity contribution >= 4 is 15.5 Å². The van der Waals surface area contributed by atoms with Gasteiger partial charge < -0.3 is 0 Å². The van der Waals surface area contributed by atoms with E-state index < -0.39 is 25.3 Å². The Morgan fingerprint density at radius 1 is 1.45 bits per heavy atom. The first-order valence-electron chi connectivity index (χ1n) is 5.27. The lowest BCUT2D eigenvalue weighted by molar-refractivity contribution is -0.387. The number of hydrogen-bond acceptors (Lipinski definition) is 6. The first-order valence-corrected chi connectivity index (χ1v) is 7.16. The third kappa shape index (κ3) is 2.24. The minimum atomic E-state index is -3.77. The zero-order valence-corrected chi connectivity index (χ0v) is 11.0. The van der Waals surface area contributed by atoms with Crippen LogP contribution < -0.4 is 0 Å². The number of imidazole rings is 1. The lowest BCUT2D eigenvalue weighted by atomic mass is 10.2. The van der Waals surface area contributed by atoms with E-state index in [0.29, 0.717) is 0 Å². The third-order valence-electron chi connectivity index (χ3n) is 2.56. The molecular weight excluding hydrogens is 284 g/mol. The van der Waals surface area contributed by atoms with E-state index in [2.05, 4.69) is 4.98 Å². The van der Waals surface area contributed by atoms with Crippen molar-refractivity contribution in [3.05, 3.63) is 46.5 Å². The van der Waals surface area contributed by atoms with Gasteiger partial charge in [-0.05, 0) is 12.1 Å². The molecule has 0 aliphatic carbocycles. The van der Waals surface area contributed by atoms with Gasteiger partial charge in [0.1, 0.15) is 16.7 Å². The summed E-state index contributed by atoms with van der Waals surface area (Å²) in [6.07, 6.45) is 3.54. The van der Waals surface area contributed by atoms with Crippen molar-refractivity contribution in [2.45, 2.75) is 4.90 Å². The quantitative estimate of drug-likeness (QED) is 0.616. The van der Waals surface area contributed by atoms with E-state index in [1.165, 1.54) is 29.1 Å². The largest absolute Gasteiger partial charge is 0.311 e. The maximum atomic E-state index is 11.6. The van der Waals surface area contributed by atoms with Crippen LogP contribution in [0.4, 0.5) is 5.69 Å². The zero-order valence-electron chi connectivity index (χ0n) is 10.2. The molecule has 0 spiro atoms. The number of nitro groups is 1. The van der Waals surface area contributed by atoms with E-state index in [-0.39, 0.29) is 11.5 Å². The van der Waals surface area contributed by atoms with Crippen molar-refractivity contribution in [2.75, 3.05) is 6.26 Å². The van der Waals surface area contributed by atoms with Crippen LogP contribution in [0.15, 0.2) is 35.5 Å². The molecule has 2 aromatic rings. The van der Waals surface area contributed by atoms with E-state index in [4.69, 9.17) is 5.26 Å². The van der Waals surface area contributed by atoms with Gasteiger partial charge in [-0.15, -0.1) is 0 Å². The minimum Gasteiger partial charge on any atom is -0.285 e. The van der Waals surface area contributed by atoms with Gasteiger partial charge in [0.2, 0.25) is 5.82 Å². The Balaban J connectivity index is 2.86. The van der Waals surface area contributed by atoms with Gasteiger partial charge in [-0.2, -0.15) is 5.26 Å². The van der Waals surface area contributed by atoms with Crippen LogP contribution in [-0.2, 0) is 9.84 Å². The molecule has 102 valence electrons. The van der Waals surface area contributed by atoms with Crippen LogP contribution in [0, 0.1) is 21.4 Å². The van der Waals surface area contributed by atoms with Crippen LogP contribution in [0.1, 0.15) is 5.82 Å². The number of para-hydroxylation sites is 1. The van der Waals surface area contributed by atoms with E-state index >= 15 is 0 Å². The molecule has 0 unspecified atom stereocenters. The SMILES string of the molecule is CS(=O)(=O)c1cccc(-n2ccnc2C#N)c1[N+](=O)[O-]. The Kier molecular flexibility index (Phi) is 3.25. The Labute approximate surface area is 114 Å². The first-order chi connectivity index (χ1) is 9.36. The fourth-order valence-corrected chi connectivity index (χ4v) is 2.62. The van der Waals surface area contributed by atoms with Gasteiger partial charge in [0.15, 0.2) is 9.84 Å².